The highest BCUT2D eigenvalue weighted by atomic mass is 16.2. The molecule has 2 aliphatic heterocycles. The van der Waals surface area contributed by atoms with Gasteiger partial charge in [0, 0.05) is 30.4 Å². The fourth-order valence-corrected chi connectivity index (χ4v) is 5.33. The van der Waals surface area contributed by atoms with E-state index in [1.807, 2.05) is 52.5 Å². The minimum atomic E-state index is 0.0565. The molecule has 2 fully saturated rings. The zero-order chi connectivity index (χ0) is 24.6. The molecule has 0 bridgehead atoms. The van der Waals surface area contributed by atoms with E-state index in [2.05, 4.69) is 39.4 Å². The molecule has 1 aromatic carbocycles. The molecule has 1 atom stereocenters. The molecule has 5 heterocycles. The minimum Gasteiger partial charge on any atom is -0.322 e. The van der Waals surface area contributed by atoms with Crippen molar-refractivity contribution in [1.29, 1.82) is 0 Å². The standard InChI is InChI=1S/C26H31N9O/c1-17(2)22-15-33(14-18-7-10-27-11-8-18)26(36)35(22)23-9-12-34-25(31-23)21(13-30-34)19-3-5-20(6-4-19)24-28-16-29-32-24/h3-6,9,12-13,16-18,22,27H,7-8,10-11,14-15H2,1-2H3,(H,28,29,32)/t22-/m1/s1. The number of amides is 2. The summed E-state index contributed by atoms with van der Waals surface area (Å²) >= 11 is 0. The monoisotopic (exact) mass is 485 g/mol. The fraction of sp³-hybridized carbons (Fsp3) is 0.423. The Morgan fingerprint density at radius 3 is 2.58 bits per heavy atom. The predicted molar refractivity (Wildman–Crippen MR) is 137 cm³/mol. The first-order valence-electron chi connectivity index (χ1n) is 12.7. The molecule has 3 aromatic heterocycles. The van der Waals surface area contributed by atoms with E-state index in [4.69, 9.17) is 4.98 Å². The second kappa shape index (κ2) is 9.34. The molecular weight excluding hydrogens is 454 g/mol. The van der Waals surface area contributed by atoms with Crippen molar-refractivity contribution < 1.29 is 4.79 Å². The van der Waals surface area contributed by atoms with Crippen LogP contribution in [0.25, 0.3) is 28.2 Å². The van der Waals surface area contributed by atoms with Crippen LogP contribution in [0.1, 0.15) is 26.7 Å². The number of urea groups is 1. The van der Waals surface area contributed by atoms with Crippen molar-refractivity contribution >= 4 is 17.5 Å². The van der Waals surface area contributed by atoms with Gasteiger partial charge in [-0.15, -0.1) is 0 Å². The molecule has 0 radical (unpaired) electrons. The van der Waals surface area contributed by atoms with Crippen LogP contribution in [0, 0.1) is 11.8 Å². The van der Waals surface area contributed by atoms with Gasteiger partial charge in [-0.3, -0.25) is 10.00 Å². The number of nitrogens with one attached hydrogen (secondary N) is 2. The second-order valence-electron chi connectivity index (χ2n) is 10.1. The Balaban J connectivity index is 1.30. The predicted octanol–water partition coefficient (Wildman–Crippen LogP) is 3.45. The van der Waals surface area contributed by atoms with Crippen molar-refractivity contribution in [2.24, 2.45) is 11.8 Å². The van der Waals surface area contributed by atoms with Crippen molar-refractivity contribution in [1.82, 2.24) is 40.0 Å². The Morgan fingerprint density at radius 1 is 1.08 bits per heavy atom. The highest BCUT2D eigenvalue weighted by Crippen LogP contribution is 2.31. The van der Waals surface area contributed by atoms with Crippen LogP contribution in [0.15, 0.2) is 49.1 Å². The first kappa shape index (κ1) is 22.7. The first-order chi connectivity index (χ1) is 17.6. The SMILES string of the molecule is CC(C)[C@H]1CN(CC2CCNCC2)C(=O)N1c1ccn2ncc(-c3ccc(-c4nc[nH]n4)cc3)c2n1. The number of hydrogen-bond acceptors (Lipinski definition) is 6. The number of benzene rings is 1. The van der Waals surface area contributed by atoms with Crippen LogP contribution < -0.4 is 10.2 Å². The lowest BCUT2D eigenvalue weighted by Crippen LogP contribution is -2.40. The van der Waals surface area contributed by atoms with E-state index in [1.165, 1.54) is 0 Å². The number of carbonyl (C=O) groups excluding carboxylic acids is 1. The van der Waals surface area contributed by atoms with Gasteiger partial charge in [0.2, 0.25) is 0 Å². The number of aromatic amines is 1. The second-order valence-corrected chi connectivity index (χ2v) is 10.1. The molecule has 6 rings (SSSR count). The molecule has 186 valence electrons. The maximum Gasteiger partial charge on any atom is 0.326 e. The third kappa shape index (κ3) is 4.11. The minimum absolute atomic E-state index is 0.0565. The average molecular weight is 486 g/mol. The van der Waals surface area contributed by atoms with Gasteiger partial charge in [-0.25, -0.2) is 19.3 Å². The van der Waals surface area contributed by atoms with E-state index >= 15 is 0 Å². The molecule has 0 saturated carbocycles. The maximum absolute atomic E-state index is 13.6. The van der Waals surface area contributed by atoms with Crippen LogP contribution in [-0.2, 0) is 0 Å². The van der Waals surface area contributed by atoms with Crippen LogP contribution in [0.5, 0.6) is 0 Å². The van der Waals surface area contributed by atoms with Crippen LogP contribution in [0.2, 0.25) is 0 Å². The molecule has 10 nitrogen and oxygen atoms in total. The lowest BCUT2D eigenvalue weighted by atomic mass is 9.97. The molecule has 2 N–H and O–H groups in total. The highest BCUT2D eigenvalue weighted by molar-refractivity contribution is 5.94. The van der Waals surface area contributed by atoms with Gasteiger partial charge in [0.15, 0.2) is 11.5 Å². The summed E-state index contributed by atoms with van der Waals surface area (Å²) in [6, 6.07) is 10.1. The highest BCUT2D eigenvalue weighted by Gasteiger charge is 2.41. The fourth-order valence-electron chi connectivity index (χ4n) is 5.33. The van der Waals surface area contributed by atoms with E-state index in [0.717, 1.165) is 61.4 Å². The summed E-state index contributed by atoms with van der Waals surface area (Å²) in [5, 5.41) is 14.8. The number of carbonyl (C=O) groups is 1. The Hall–Kier alpha value is -3.79. The normalized spacial score (nSPS) is 19.2. The van der Waals surface area contributed by atoms with E-state index < -0.39 is 0 Å². The Kier molecular flexibility index (Phi) is 5.88. The van der Waals surface area contributed by atoms with Crippen LogP contribution >= 0.6 is 0 Å². The summed E-state index contributed by atoms with van der Waals surface area (Å²) in [5.74, 6) is 2.21. The summed E-state index contributed by atoms with van der Waals surface area (Å²) < 4.78 is 1.76. The quantitative estimate of drug-likeness (QED) is 0.433. The number of rotatable bonds is 6. The Bertz CT molecular complexity index is 1340. The topological polar surface area (TPSA) is 107 Å². The Labute approximate surface area is 209 Å². The number of H-pyrrole nitrogens is 1. The molecule has 36 heavy (non-hydrogen) atoms. The van der Waals surface area contributed by atoms with Gasteiger partial charge in [0.25, 0.3) is 0 Å². The van der Waals surface area contributed by atoms with Crippen molar-refractivity contribution in [2.75, 3.05) is 31.1 Å². The van der Waals surface area contributed by atoms with Crippen LogP contribution in [0.3, 0.4) is 0 Å². The summed E-state index contributed by atoms with van der Waals surface area (Å²) in [4.78, 5) is 26.7. The molecule has 0 spiro atoms. The van der Waals surface area contributed by atoms with E-state index in [-0.39, 0.29) is 12.1 Å². The lowest BCUT2D eigenvalue weighted by molar-refractivity contribution is 0.202. The van der Waals surface area contributed by atoms with E-state index in [1.54, 1.807) is 10.8 Å². The van der Waals surface area contributed by atoms with Crippen molar-refractivity contribution in [3.63, 3.8) is 0 Å². The molecule has 2 aliphatic rings. The first-order valence-corrected chi connectivity index (χ1v) is 12.7. The van der Waals surface area contributed by atoms with Crippen molar-refractivity contribution in [2.45, 2.75) is 32.7 Å². The molecule has 0 unspecified atom stereocenters. The van der Waals surface area contributed by atoms with Gasteiger partial charge in [0.1, 0.15) is 12.1 Å². The van der Waals surface area contributed by atoms with Crippen molar-refractivity contribution in [3.05, 3.63) is 49.1 Å². The molecule has 10 heteroatoms. The summed E-state index contributed by atoms with van der Waals surface area (Å²) in [7, 11) is 0. The van der Waals surface area contributed by atoms with Gasteiger partial charge >= 0.3 is 6.03 Å². The molecule has 4 aromatic rings. The van der Waals surface area contributed by atoms with Crippen LogP contribution in [-0.4, -0.2) is 72.9 Å². The summed E-state index contributed by atoms with van der Waals surface area (Å²) in [5.41, 5.74) is 3.57. The molecule has 0 aliphatic carbocycles. The van der Waals surface area contributed by atoms with Crippen LogP contribution in [0.4, 0.5) is 10.6 Å². The van der Waals surface area contributed by atoms with Gasteiger partial charge < -0.3 is 10.2 Å². The third-order valence-corrected chi connectivity index (χ3v) is 7.39. The average Bonchev–Trinajstić information content (AvgIpc) is 3.64. The lowest BCUT2D eigenvalue weighted by Gasteiger charge is -2.27. The zero-order valence-corrected chi connectivity index (χ0v) is 20.6. The smallest absolute Gasteiger partial charge is 0.322 e. The van der Waals surface area contributed by atoms with E-state index in [9.17, 15) is 4.79 Å². The largest absolute Gasteiger partial charge is 0.326 e. The van der Waals surface area contributed by atoms with E-state index in [0.29, 0.717) is 23.5 Å². The van der Waals surface area contributed by atoms with Crippen molar-refractivity contribution in [3.8, 4) is 22.5 Å². The van der Waals surface area contributed by atoms with Gasteiger partial charge in [0.05, 0.1) is 12.2 Å². The number of anilines is 1. The number of piperidine rings is 1. The van der Waals surface area contributed by atoms with Gasteiger partial charge in [-0.2, -0.15) is 10.2 Å². The number of fused-ring (bicyclic) bond motifs is 1. The zero-order valence-electron chi connectivity index (χ0n) is 20.6. The summed E-state index contributed by atoms with van der Waals surface area (Å²) in [6.07, 6.45) is 7.52. The third-order valence-electron chi connectivity index (χ3n) is 7.39. The van der Waals surface area contributed by atoms with Gasteiger partial charge in [-0.05, 0) is 49.4 Å². The number of aromatic nitrogens is 6. The Morgan fingerprint density at radius 2 is 1.86 bits per heavy atom. The maximum atomic E-state index is 13.6. The van der Waals surface area contributed by atoms with Gasteiger partial charge in [-0.1, -0.05) is 38.1 Å². The molecule has 2 amide bonds. The summed E-state index contributed by atoms with van der Waals surface area (Å²) in [6.45, 7) is 7.98. The molecule has 2 saturated heterocycles. The molecular formula is C26H31N9O. The number of nitrogens with zero attached hydrogens (tertiary/aromatic N) is 7. The number of hydrogen-bond donors (Lipinski definition) is 2.